The van der Waals surface area contributed by atoms with Crippen molar-refractivity contribution in [1.29, 1.82) is 0 Å². The third-order valence-electron chi connectivity index (χ3n) is 6.09. The fourth-order valence-corrected chi connectivity index (χ4v) is 5.08. The van der Waals surface area contributed by atoms with E-state index in [4.69, 9.17) is 16.3 Å². The molecular weight excluding hydrogens is 414 g/mol. The lowest BCUT2D eigenvalue weighted by atomic mass is 9.57. The molecule has 2 aromatic carbocycles. The molecule has 2 aromatic rings. The molecule has 2 aliphatic rings. The summed E-state index contributed by atoms with van der Waals surface area (Å²) in [5.74, 6) is 0.776. The Hall–Kier alpha value is -1.23. The summed E-state index contributed by atoms with van der Waals surface area (Å²) >= 11 is 6.61. The number of ether oxygens (including phenoxy) is 1. The van der Waals surface area contributed by atoms with Crippen molar-refractivity contribution < 1.29 is 9.84 Å². The Morgan fingerprint density at radius 3 is 2.58 bits per heavy atom. The quantitative estimate of drug-likeness (QED) is 0.707. The normalized spacial score (nSPS) is 21.3. The SMILES string of the molecule is Br.COc1cc2c(cc1O)C(C1(c3ccccc3Cl)CCC1)N(C)CC2. The van der Waals surface area contributed by atoms with Gasteiger partial charge in [-0.15, -0.1) is 17.0 Å². The minimum absolute atomic E-state index is 0. The summed E-state index contributed by atoms with van der Waals surface area (Å²) in [6.07, 6.45) is 4.43. The van der Waals surface area contributed by atoms with Crippen LogP contribution in [-0.4, -0.2) is 30.7 Å². The molecule has 0 aromatic heterocycles. The fraction of sp³-hybridized carbons (Fsp3) is 0.429. The predicted molar refractivity (Wildman–Crippen MR) is 111 cm³/mol. The summed E-state index contributed by atoms with van der Waals surface area (Å²) in [7, 11) is 3.79. The maximum absolute atomic E-state index is 10.4. The first kappa shape index (κ1) is 19.5. The molecule has 1 heterocycles. The number of rotatable bonds is 3. The Labute approximate surface area is 170 Å². The van der Waals surface area contributed by atoms with Gasteiger partial charge in [0.1, 0.15) is 0 Å². The van der Waals surface area contributed by atoms with E-state index in [-0.39, 0.29) is 34.2 Å². The summed E-state index contributed by atoms with van der Waals surface area (Å²) in [5, 5.41) is 11.2. The number of fused-ring (bicyclic) bond motifs is 1. The first-order valence-corrected chi connectivity index (χ1v) is 9.29. The Morgan fingerprint density at radius 2 is 1.96 bits per heavy atom. The van der Waals surface area contributed by atoms with Crippen LogP contribution in [0.4, 0.5) is 0 Å². The Balaban J connectivity index is 0.00000196. The van der Waals surface area contributed by atoms with Crippen molar-refractivity contribution >= 4 is 28.6 Å². The molecular formula is C21H25BrClNO2. The molecule has 1 aliphatic carbocycles. The summed E-state index contributed by atoms with van der Waals surface area (Å²) in [5.41, 5.74) is 3.74. The Morgan fingerprint density at radius 1 is 1.23 bits per heavy atom. The summed E-state index contributed by atoms with van der Waals surface area (Å²) in [6.45, 7) is 0.998. The van der Waals surface area contributed by atoms with E-state index >= 15 is 0 Å². The summed E-state index contributed by atoms with van der Waals surface area (Å²) in [6, 6.07) is 12.4. The first-order chi connectivity index (χ1) is 12.1. The molecule has 1 N–H and O–H groups in total. The zero-order valence-electron chi connectivity index (χ0n) is 15.2. The van der Waals surface area contributed by atoms with E-state index in [9.17, 15) is 5.11 Å². The number of benzene rings is 2. The lowest BCUT2D eigenvalue weighted by molar-refractivity contribution is 0.0715. The van der Waals surface area contributed by atoms with Crippen molar-refractivity contribution in [2.45, 2.75) is 37.1 Å². The zero-order chi connectivity index (χ0) is 17.6. The third-order valence-corrected chi connectivity index (χ3v) is 6.42. The minimum Gasteiger partial charge on any atom is -0.504 e. The predicted octanol–water partition coefficient (Wildman–Crippen LogP) is 5.28. The van der Waals surface area contributed by atoms with E-state index in [1.165, 1.54) is 23.1 Å². The summed E-state index contributed by atoms with van der Waals surface area (Å²) in [4.78, 5) is 2.43. The van der Waals surface area contributed by atoms with Crippen LogP contribution in [0, 0.1) is 0 Å². The standard InChI is InChI=1S/C21H24ClNO2.BrH/c1-23-11-8-14-12-19(25-2)18(24)13-15(14)20(23)21(9-5-10-21)16-6-3-4-7-17(16)22;/h3-4,6-7,12-13,20,24H,5,8-11H2,1-2H3;1H. The van der Waals surface area contributed by atoms with Crippen molar-refractivity contribution in [3.8, 4) is 11.5 Å². The second kappa shape index (κ2) is 7.41. The molecule has 3 nitrogen and oxygen atoms in total. The number of hydrogen-bond acceptors (Lipinski definition) is 3. The highest BCUT2D eigenvalue weighted by Gasteiger charge is 2.50. The highest BCUT2D eigenvalue weighted by atomic mass is 79.9. The van der Waals surface area contributed by atoms with Crippen LogP contribution in [0.2, 0.25) is 5.02 Å². The van der Waals surface area contributed by atoms with Crippen molar-refractivity contribution in [2.24, 2.45) is 0 Å². The average molecular weight is 439 g/mol. The first-order valence-electron chi connectivity index (χ1n) is 8.92. The van der Waals surface area contributed by atoms with Crippen LogP contribution in [0.3, 0.4) is 0 Å². The topological polar surface area (TPSA) is 32.7 Å². The van der Waals surface area contributed by atoms with Crippen LogP contribution in [0.15, 0.2) is 36.4 Å². The molecule has 1 unspecified atom stereocenters. The molecule has 0 spiro atoms. The van der Waals surface area contributed by atoms with Crippen LogP contribution in [-0.2, 0) is 11.8 Å². The van der Waals surface area contributed by atoms with Crippen molar-refractivity contribution in [2.75, 3.05) is 20.7 Å². The highest BCUT2D eigenvalue weighted by molar-refractivity contribution is 8.93. The zero-order valence-corrected chi connectivity index (χ0v) is 17.6. The second-order valence-corrected chi connectivity index (χ2v) is 7.75. The van der Waals surface area contributed by atoms with E-state index in [2.05, 4.69) is 24.1 Å². The Kier molecular flexibility index (Phi) is 5.57. The Bertz CT molecular complexity index is 807. The van der Waals surface area contributed by atoms with Crippen molar-refractivity contribution in [1.82, 2.24) is 4.90 Å². The second-order valence-electron chi connectivity index (χ2n) is 7.35. The number of nitrogens with zero attached hydrogens (tertiary/aromatic N) is 1. The summed E-state index contributed by atoms with van der Waals surface area (Å²) < 4.78 is 5.32. The van der Waals surface area contributed by atoms with Gasteiger partial charge in [0.15, 0.2) is 11.5 Å². The van der Waals surface area contributed by atoms with Gasteiger partial charge in [-0.2, -0.15) is 0 Å². The maximum Gasteiger partial charge on any atom is 0.160 e. The molecule has 1 aliphatic heterocycles. The van der Waals surface area contributed by atoms with E-state index < -0.39 is 0 Å². The molecule has 5 heteroatoms. The van der Waals surface area contributed by atoms with Crippen molar-refractivity contribution in [3.05, 3.63) is 58.1 Å². The number of phenols is 1. The van der Waals surface area contributed by atoms with Gasteiger partial charge in [0.25, 0.3) is 0 Å². The van der Waals surface area contributed by atoms with Gasteiger partial charge in [-0.3, -0.25) is 4.90 Å². The molecule has 26 heavy (non-hydrogen) atoms. The molecule has 1 fully saturated rings. The molecule has 0 saturated heterocycles. The number of aromatic hydroxyl groups is 1. The van der Waals surface area contributed by atoms with E-state index in [0.717, 1.165) is 30.8 Å². The molecule has 1 atom stereocenters. The minimum atomic E-state index is 0. The van der Waals surface area contributed by atoms with Crippen LogP contribution in [0.5, 0.6) is 11.5 Å². The molecule has 4 rings (SSSR count). The molecule has 0 amide bonds. The third kappa shape index (κ3) is 2.92. The van der Waals surface area contributed by atoms with E-state index in [0.29, 0.717) is 5.75 Å². The van der Waals surface area contributed by atoms with Gasteiger partial charge in [0.05, 0.1) is 7.11 Å². The number of halogens is 2. The fourth-order valence-electron chi connectivity index (χ4n) is 4.76. The number of phenolic OH excluding ortho intramolecular Hbond substituents is 1. The number of likely N-dealkylation sites (N-methyl/N-ethyl adjacent to an activating group) is 1. The largest absolute Gasteiger partial charge is 0.504 e. The van der Waals surface area contributed by atoms with Crippen LogP contribution in [0.25, 0.3) is 0 Å². The average Bonchev–Trinajstić information content (AvgIpc) is 2.57. The van der Waals surface area contributed by atoms with Crippen molar-refractivity contribution in [3.63, 3.8) is 0 Å². The molecule has 1 saturated carbocycles. The van der Waals surface area contributed by atoms with E-state index in [1.807, 2.05) is 24.3 Å². The van der Waals surface area contributed by atoms with Gasteiger partial charge >= 0.3 is 0 Å². The lowest BCUT2D eigenvalue weighted by Gasteiger charge is -2.54. The van der Waals surface area contributed by atoms with Crippen LogP contribution < -0.4 is 4.74 Å². The van der Waals surface area contributed by atoms with Gasteiger partial charge in [-0.05, 0) is 61.2 Å². The van der Waals surface area contributed by atoms with Gasteiger partial charge in [-0.25, -0.2) is 0 Å². The van der Waals surface area contributed by atoms with Gasteiger partial charge in [0, 0.05) is 23.0 Å². The van der Waals surface area contributed by atoms with Gasteiger partial charge in [0.2, 0.25) is 0 Å². The molecule has 140 valence electrons. The van der Waals surface area contributed by atoms with Crippen LogP contribution >= 0.6 is 28.6 Å². The van der Waals surface area contributed by atoms with Gasteiger partial charge < -0.3 is 9.84 Å². The number of hydrogen-bond donors (Lipinski definition) is 1. The monoisotopic (exact) mass is 437 g/mol. The lowest BCUT2D eigenvalue weighted by Crippen LogP contribution is -2.50. The molecule has 0 bridgehead atoms. The maximum atomic E-state index is 10.4. The van der Waals surface area contributed by atoms with E-state index in [1.54, 1.807) is 7.11 Å². The number of methoxy groups -OCH3 is 1. The van der Waals surface area contributed by atoms with Gasteiger partial charge in [-0.1, -0.05) is 36.2 Å². The highest BCUT2D eigenvalue weighted by Crippen LogP contribution is 2.57. The molecule has 0 radical (unpaired) electrons. The van der Waals surface area contributed by atoms with Crippen LogP contribution in [0.1, 0.15) is 42.0 Å². The smallest absolute Gasteiger partial charge is 0.160 e.